The third-order valence-electron chi connectivity index (χ3n) is 4.21. The van der Waals surface area contributed by atoms with Crippen LogP contribution in [0.4, 0.5) is 0 Å². The number of hydrogen-bond acceptors (Lipinski definition) is 4. The lowest BCUT2D eigenvalue weighted by Crippen LogP contribution is -2.32. The molecule has 30 heavy (non-hydrogen) atoms. The Hall–Kier alpha value is -1.67. The minimum atomic E-state index is -3.59. The number of nitrogens with one attached hydrogen (secondary N) is 2. The quantitative estimate of drug-likeness (QED) is 0.451. The lowest BCUT2D eigenvalue weighted by atomic mass is 10.1. The average molecular weight is 489 g/mol. The van der Waals surface area contributed by atoms with Crippen LogP contribution in [0.3, 0.4) is 0 Å². The Morgan fingerprint density at radius 3 is 2.53 bits per heavy atom. The minimum Gasteiger partial charge on any atom is -0.312 e. The van der Waals surface area contributed by atoms with Crippen molar-refractivity contribution in [3.8, 4) is 0 Å². The van der Waals surface area contributed by atoms with E-state index in [1.807, 2.05) is 37.3 Å². The summed E-state index contributed by atoms with van der Waals surface area (Å²) in [5.74, 6) is 0. The van der Waals surface area contributed by atoms with Gasteiger partial charge in [-0.25, -0.2) is 13.1 Å². The highest BCUT2D eigenvalue weighted by molar-refractivity contribution is 7.89. The predicted octanol–water partition coefficient (Wildman–Crippen LogP) is 4.70. The SMILES string of the molecule is C/C(=C\c1ccc(Cl)cc1)CNCCNS(=O)(=O)c1cccc2cnccc12.Cl.Cl. The molecule has 0 aliphatic heterocycles. The van der Waals surface area contributed by atoms with Crippen molar-refractivity contribution in [2.75, 3.05) is 19.6 Å². The second-order valence-electron chi connectivity index (χ2n) is 6.47. The molecule has 1 aromatic heterocycles. The molecule has 3 rings (SSSR count). The van der Waals surface area contributed by atoms with Crippen LogP contribution in [0.5, 0.6) is 0 Å². The maximum atomic E-state index is 12.6. The fourth-order valence-electron chi connectivity index (χ4n) is 2.86. The van der Waals surface area contributed by atoms with Gasteiger partial charge < -0.3 is 5.32 Å². The maximum absolute atomic E-state index is 12.6. The first-order valence-electron chi connectivity index (χ1n) is 8.91. The van der Waals surface area contributed by atoms with Gasteiger partial charge in [-0.1, -0.05) is 47.5 Å². The number of fused-ring (bicyclic) bond motifs is 1. The second-order valence-corrected chi connectivity index (χ2v) is 8.64. The molecular weight excluding hydrogens is 465 g/mol. The fourth-order valence-corrected chi connectivity index (χ4v) is 4.24. The van der Waals surface area contributed by atoms with Crippen molar-refractivity contribution in [2.24, 2.45) is 0 Å². The normalized spacial score (nSPS) is 11.6. The second kappa shape index (κ2) is 12.2. The molecule has 1 heterocycles. The summed E-state index contributed by atoms with van der Waals surface area (Å²) in [6, 6.07) is 14.5. The van der Waals surface area contributed by atoms with Gasteiger partial charge >= 0.3 is 0 Å². The van der Waals surface area contributed by atoms with Crippen LogP contribution in [0.1, 0.15) is 12.5 Å². The number of sulfonamides is 1. The molecule has 2 aromatic carbocycles. The molecule has 0 radical (unpaired) electrons. The summed E-state index contributed by atoms with van der Waals surface area (Å²) < 4.78 is 27.9. The highest BCUT2D eigenvalue weighted by Crippen LogP contribution is 2.21. The van der Waals surface area contributed by atoms with E-state index in [2.05, 4.69) is 21.1 Å². The van der Waals surface area contributed by atoms with Gasteiger partial charge in [0.15, 0.2) is 0 Å². The van der Waals surface area contributed by atoms with E-state index in [0.29, 0.717) is 30.0 Å². The number of hydrogen-bond donors (Lipinski definition) is 2. The van der Waals surface area contributed by atoms with Gasteiger partial charge in [-0.3, -0.25) is 4.98 Å². The third kappa shape index (κ3) is 7.23. The van der Waals surface area contributed by atoms with Crippen LogP contribution in [0.25, 0.3) is 16.8 Å². The molecule has 0 aliphatic rings. The maximum Gasteiger partial charge on any atom is 0.241 e. The molecule has 0 amide bonds. The molecule has 162 valence electrons. The van der Waals surface area contributed by atoms with E-state index in [1.165, 1.54) is 0 Å². The molecule has 0 saturated heterocycles. The first-order valence-corrected chi connectivity index (χ1v) is 10.8. The van der Waals surface area contributed by atoms with Crippen molar-refractivity contribution in [3.05, 3.63) is 77.1 Å². The van der Waals surface area contributed by atoms with E-state index in [4.69, 9.17) is 11.6 Å². The molecule has 0 spiro atoms. The van der Waals surface area contributed by atoms with E-state index in [1.54, 1.807) is 30.6 Å². The number of rotatable bonds is 8. The van der Waals surface area contributed by atoms with Gasteiger partial charge in [0.2, 0.25) is 10.0 Å². The van der Waals surface area contributed by atoms with Gasteiger partial charge in [-0.2, -0.15) is 0 Å². The van der Waals surface area contributed by atoms with Crippen molar-refractivity contribution < 1.29 is 8.42 Å². The van der Waals surface area contributed by atoms with E-state index < -0.39 is 10.0 Å². The summed E-state index contributed by atoms with van der Waals surface area (Å²) >= 11 is 5.89. The Labute approximate surface area is 194 Å². The summed E-state index contributed by atoms with van der Waals surface area (Å²) in [6.07, 6.45) is 5.32. The summed E-state index contributed by atoms with van der Waals surface area (Å²) in [4.78, 5) is 4.31. The Balaban J connectivity index is 0.00000225. The van der Waals surface area contributed by atoms with Crippen molar-refractivity contribution in [1.29, 1.82) is 0 Å². The zero-order valence-corrected chi connectivity index (χ0v) is 19.5. The van der Waals surface area contributed by atoms with Gasteiger partial charge in [0, 0.05) is 47.8 Å². The zero-order chi connectivity index (χ0) is 20.0. The summed E-state index contributed by atoms with van der Waals surface area (Å²) in [7, 11) is -3.59. The molecule has 0 fully saturated rings. The third-order valence-corrected chi connectivity index (χ3v) is 5.98. The average Bonchev–Trinajstić information content (AvgIpc) is 2.69. The first-order chi connectivity index (χ1) is 13.5. The lowest BCUT2D eigenvalue weighted by molar-refractivity contribution is 0.579. The molecule has 0 aliphatic carbocycles. The number of halogens is 3. The van der Waals surface area contributed by atoms with Crippen molar-refractivity contribution in [1.82, 2.24) is 15.0 Å². The van der Waals surface area contributed by atoms with E-state index in [-0.39, 0.29) is 29.7 Å². The topological polar surface area (TPSA) is 71.1 Å². The van der Waals surface area contributed by atoms with Crippen LogP contribution < -0.4 is 10.0 Å². The van der Waals surface area contributed by atoms with Crippen LogP contribution in [-0.2, 0) is 10.0 Å². The van der Waals surface area contributed by atoms with Gasteiger partial charge in [0.1, 0.15) is 0 Å². The van der Waals surface area contributed by atoms with Crippen molar-refractivity contribution in [2.45, 2.75) is 11.8 Å². The van der Waals surface area contributed by atoms with Gasteiger partial charge in [0.05, 0.1) is 4.90 Å². The van der Waals surface area contributed by atoms with Crippen molar-refractivity contribution >= 4 is 63.3 Å². The Morgan fingerprint density at radius 2 is 1.80 bits per heavy atom. The number of pyridine rings is 1. The molecule has 9 heteroatoms. The van der Waals surface area contributed by atoms with Crippen LogP contribution in [0, 0.1) is 0 Å². The molecule has 0 unspecified atom stereocenters. The highest BCUT2D eigenvalue weighted by atomic mass is 35.5. The van der Waals surface area contributed by atoms with Gasteiger partial charge in [-0.05, 0) is 36.8 Å². The van der Waals surface area contributed by atoms with Crippen molar-refractivity contribution in [3.63, 3.8) is 0 Å². The fraction of sp³-hybridized carbons (Fsp3) is 0.190. The highest BCUT2D eigenvalue weighted by Gasteiger charge is 2.16. The summed E-state index contributed by atoms with van der Waals surface area (Å²) in [5, 5.41) is 5.42. The molecule has 0 bridgehead atoms. The molecule has 5 nitrogen and oxygen atoms in total. The molecule has 0 saturated carbocycles. The van der Waals surface area contributed by atoms with E-state index >= 15 is 0 Å². The van der Waals surface area contributed by atoms with Crippen LogP contribution in [0.2, 0.25) is 5.02 Å². The Kier molecular flexibility index (Phi) is 10.8. The summed E-state index contributed by atoms with van der Waals surface area (Å²) in [5.41, 5.74) is 2.22. The summed E-state index contributed by atoms with van der Waals surface area (Å²) in [6.45, 7) is 3.52. The van der Waals surface area contributed by atoms with Crippen LogP contribution in [-0.4, -0.2) is 33.0 Å². The van der Waals surface area contributed by atoms with Crippen LogP contribution in [0.15, 0.2) is 71.4 Å². The largest absolute Gasteiger partial charge is 0.312 e. The molecule has 3 aromatic rings. The monoisotopic (exact) mass is 487 g/mol. The molecular formula is C21H24Cl3N3O2S. The molecule has 2 N–H and O–H groups in total. The van der Waals surface area contributed by atoms with E-state index in [9.17, 15) is 8.42 Å². The number of nitrogens with zero attached hydrogens (tertiary/aromatic N) is 1. The Morgan fingerprint density at radius 1 is 1.07 bits per heavy atom. The number of aromatic nitrogens is 1. The van der Waals surface area contributed by atoms with Gasteiger partial charge in [-0.15, -0.1) is 24.8 Å². The Bertz CT molecular complexity index is 1080. The molecule has 0 atom stereocenters. The zero-order valence-electron chi connectivity index (χ0n) is 16.3. The first kappa shape index (κ1) is 26.4. The van der Waals surface area contributed by atoms with Crippen LogP contribution >= 0.6 is 36.4 Å². The predicted molar refractivity (Wildman–Crippen MR) is 129 cm³/mol. The smallest absolute Gasteiger partial charge is 0.241 e. The lowest BCUT2D eigenvalue weighted by Gasteiger charge is -2.10. The standard InChI is InChI=1S/C21H22ClN3O2S.2ClH/c1-16(13-17-5-7-19(22)8-6-17)14-24-11-12-25-28(26,27)21-4-2-3-18-15-23-10-9-20(18)21;;/h2-10,13,15,24-25H,11-12,14H2,1H3;2*1H/b16-13+;;. The number of benzene rings is 2. The van der Waals surface area contributed by atoms with Gasteiger partial charge in [0.25, 0.3) is 0 Å². The minimum absolute atomic E-state index is 0. The van der Waals surface area contributed by atoms with E-state index in [0.717, 1.165) is 16.5 Å².